The molecule has 2 aliphatic heterocycles. The summed E-state index contributed by atoms with van der Waals surface area (Å²) in [5, 5.41) is 4.84. The molecule has 0 saturated heterocycles. The van der Waals surface area contributed by atoms with E-state index in [1.165, 1.54) is 11.1 Å². The van der Waals surface area contributed by atoms with E-state index in [1.54, 1.807) is 7.11 Å². The highest BCUT2D eigenvalue weighted by atomic mass is 16.7. The molecule has 0 atom stereocenters. The summed E-state index contributed by atoms with van der Waals surface area (Å²) in [6.07, 6.45) is 3.75. The quantitative estimate of drug-likeness (QED) is 0.405. The van der Waals surface area contributed by atoms with E-state index in [9.17, 15) is 4.79 Å². The fourth-order valence-corrected chi connectivity index (χ4v) is 4.89. The number of benzene rings is 3. The number of nitrogens with one attached hydrogen (secondary N) is 1. The number of aryl methyl sites for hydroxylation is 2. The second-order valence-electron chi connectivity index (χ2n) is 8.94. The highest BCUT2D eigenvalue weighted by Crippen LogP contribution is 2.41. The highest BCUT2D eigenvalue weighted by molar-refractivity contribution is 5.92. The van der Waals surface area contributed by atoms with Crippen molar-refractivity contribution in [1.29, 1.82) is 0 Å². The zero-order valence-corrected chi connectivity index (χ0v) is 20.1. The molecule has 1 amide bonds. The van der Waals surface area contributed by atoms with Crippen LogP contribution in [-0.4, -0.2) is 33.0 Å². The smallest absolute Gasteiger partial charge is 0.257 e. The molecule has 0 aliphatic carbocycles. The second-order valence-corrected chi connectivity index (χ2v) is 8.94. The van der Waals surface area contributed by atoms with Crippen molar-refractivity contribution >= 4 is 16.7 Å². The minimum Gasteiger partial charge on any atom is -0.493 e. The highest BCUT2D eigenvalue weighted by Gasteiger charge is 2.28. The van der Waals surface area contributed by atoms with Gasteiger partial charge in [0.1, 0.15) is 0 Å². The Morgan fingerprint density at radius 2 is 1.89 bits per heavy atom. The minimum absolute atomic E-state index is 0.0850. The summed E-state index contributed by atoms with van der Waals surface area (Å²) in [6.45, 7) is 1.56. The van der Waals surface area contributed by atoms with Crippen LogP contribution in [-0.2, 0) is 24.2 Å². The fraction of sp³-hybridized carbons (Fsp3) is 0.241. The van der Waals surface area contributed by atoms with Gasteiger partial charge in [-0.15, -0.1) is 0 Å². The largest absolute Gasteiger partial charge is 0.493 e. The van der Waals surface area contributed by atoms with Crippen molar-refractivity contribution in [2.45, 2.75) is 19.4 Å². The minimum atomic E-state index is -0.166. The predicted octanol–water partition coefficient (Wildman–Crippen LogP) is 3.83. The van der Waals surface area contributed by atoms with Crippen LogP contribution in [0.5, 0.6) is 23.0 Å². The molecule has 0 saturated carbocycles. The molecule has 7 nitrogen and oxygen atoms in total. The second kappa shape index (κ2) is 9.41. The van der Waals surface area contributed by atoms with Gasteiger partial charge in [0.2, 0.25) is 12.5 Å². The van der Waals surface area contributed by atoms with Crippen molar-refractivity contribution in [3.8, 4) is 34.3 Å². The number of fused-ring (bicyclic) bond motifs is 5. The summed E-state index contributed by atoms with van der Waals surface area (Å²) in [5.74, 6) is 2.59. The number of hydrogen-bond donors (Lipinski definition) is 1. The maximum Gasteiger partial charge on any atom is 0.257 e. The van der Waals surface area contributed by atoms with Gasteiger partial charge in [-0.1, -0.05) is 30.3 Å². The predicted molar refractivity (Wildman–Crippen MR) is 135 cm³/mol. The van der Waals surface area contributed by atoms with Crippen LogP contribution in [0.25, 0.3) is 22.0 Å². The van der Waals surface area contributed by atoms with Gasteiger partial charge in [-0.05, 0) is 47.2 Å². The molecular weight excluding hydrogens is 456 g/mol. The normalized spacial score (nSPS) is 13.1. The Bertz CT molecular complexity index is 1450. The van der Waals surface area contributed by atoms with Crippen LogP contribution in [0.2, 0.25) is 0 Å². The molecule has 3 heterocycles. The van der Waals surface area contributed by atoms with Crippen molar-refractivity contribution in [3.63, 3.8) is 0 Å². The van der Waals surface area contributed by atoms with E-state index in [-0.39, 0.29) is 19.3 Å². The summed E-state index contributed by atoms with van der Waals surface area (Å²) >= 11 is 0. The molecule has 0 bridgehead atoms. The Balaban J connectivity index is 1.24. The average molecular weight is 484 g/mol. The van der Waals surface area contributed by atoms with Crippen molar-refractivity contribution < 1.29 is 28.3 Å². The fourth-order valence-electron chi connectivity index (χ4n) is 4.89. The Labute approximate surface area is 209 Å². The third-order valence-corrected chi connectivity index (χ3v) is 6.72. The van der Waals surface area contributed by atoms with Gasteiger partial charge in [0, 0.05) is 19.0 Å². The summed E-state index contributed by atoms with van der Waals surface area (Å²) in [6, 6.07) is 20.3. The van der Waals surface area contributed by atoms with E-state index in [0.717, 1.165) is 52.9 Å². The number of pyridine rings is 1. The molecule has 4 aromatic rings. The molecule has 2 aliphatic rings. The van der Waals surface area contributed by atoms with Crippen LogP contribution in [0.3, 0.4) is 0 Å². The molecule has 1 aromatic heterocycles. The maximum atomic E-state index is 12.5. The topological polar surface area (TPSA) is 69.9 Å². The summed E-state index contributed by atoms with van der Waals surface area (Å²) < 4.78 is 25.0. The molecule has 3 aromatic carbocycles. The van der Waals surface area contributed by atoms with E-state index in [1.807, 2.05) is 30.3 Å². The Hall–Kier alpha value is -4.26. The van der Waals surface area contributed by atoms with Gasteiger partial charge in [-0.25, -0.2) is 0 Å². The van der Waals surface area contributed by atoms with Gasteiger partial charge >= 0.3 is 0 Å². The molecule has 0 radical (unpaired) electrons. The maximum absolute atomic E-state index is 12.5. The van der Waals surface area contributed by atoms with Gasteiger partial charge in [-0.3, -0.25) is 4.79 Å². The Morgan fingerprint density at radius 3 is 2.72 bits per heavy atom. The summed E-state index contributed by atoms with van der Waals surface area (Å²) in [5.41, 5.74) is 4.68. The zero-order valence-electron chi connectivity index (χ0n) is 20.1. The van der Waals surface area contributed by atoms with Crippen LogP contribution in [0.1, 0.15) is 11.1 Å². The van der Waals surface area contributed by atoms with Gasteiger partial charge in [0.25, 0.3) is 5.91 Å². The van der Waals surface area contributed by atoms with E-state index in [4.69, 9.17) is 18.9 Å². The first-order chi connectivity index (χ1) is 17.7. The number of aromatic nitrogens is 1. The molecule has 182 valence electrons. The number of rotatable bonds is 7. The number of methoxy groups -OCH3 is 1. The number of nitrogens with zero attached hydrogens (tertiary/aromatic N) is 1. The van der Waals surface area contributed by atoms with E-state index in [0.29, 0.717) is 18.0 Å². The van der Waals surface area contributed by atoms with Crippen LogP contribution in [0.15, 0.2) is 66.9 Å². The standard InChI is InChI=1S/C29H26N2O5/c1-33-25-8-7-20-13-24-22-15-27-26(35-18-36-27)14-21(22)10-12-31(24)16-23(20)29(25)34-17-28(32)30-11-9-19-5-3-2-4-6-19/h2-8,13-16H,9-12,17-18H2,1H3/p+1. The van der Waals surface area contributed by atoms with Gasteiger partial charge in [-0.2, -0.15) is 4.57 Å². The van der Waals surface area contributed by atoms with E-state index >= 15 is 0 Å². The number of carbonyl (C=O) groups excluding carboxylic acids is 1. The molecule has 36 heavy (non-hydrogen) atoms. The first-order valence-electron chi connectivity index (χ1n) is 12.1. The monoisotopic (exact) mass is 483 g/mol. The van der Waals surface area contributed by atoms with E-state index < -0.39 is 0 Å². The van der Waals surface area contributed by atoms with Crippen molar-refractivity contribution in [1.82, 2.24) is 5.32 Å². The Morgan fingerprint density at radius 1 is 1.06 bits per heavy atom. The third kappa shape index (κ3) is 4.17. The number of carbonyl (C=O) groups is 1. The SMILES string of the molecule is COc1ccc2cc3[n+](cc2c1OCC(=O)NCCc1ccccc1)CCc1cc2c(cc1-3)OCO2. The lowest BCUT2D eigenvalue weighted by atomic mass is 9.95. The molecule has 7 heteroatoms. The zero-order chi connectivity index (χ0) is 24.5. The van der Waals surface area contributed by atoms with Crippen molar-refractivity contribution in [3.05, 3.63) is 78.0 Å². The molecule has 0 fully saturated rings. The molecule has 6 rings (SSSR count). The molecular formula is C29H27N2O5+. The average Bonchev–Trinajstić information content (AvgIpc) is 3.37. The first kappa shape index (κ1) is 22.2. The molecule has 0 unspecified atom stereocenters. The summed E-state index contributed by atoms with van der Waals surface area (Å²) in [7, 11) is 1.61. The molecule has 0 spiro atoms. The van der Waals surface area contributed by atoms with Crippen LogP contribution in [0, 0.1) is 0 Å². The van der Waals surface area contributed by atoms with Gasteiger partial charge in [0.15, 0.2) is 42.3 Å². The van der Waals surface area contributed by atoms with Crippen molar-refractivity contribution in [2.75, 3.05) is 27.1 Å². The third-order valence-electron chi connectivity index (χ3n) is 6.72. The Kier molecular flexibility index (Phi) is 5.81. The lowest BCUT2D eigenvalue weighted by Gasteiger charge is -2.18. The first-order valence-corrected chi connectivity index (χ1v) is 12.1. The van der Waals surface area contributed by atoms with Gasteiger partial charge in [0.05, 0.1) is 18.1 Å². The van der Waals surface area contributed by atoms with Gasteiger partial charge < -0.3 is 24.3 Å². The van der Waals surface area contributed by atoms with Crippen molar-refractivity contribution in [2.24, 2.45) is 0 Å². The summed E-state index contributed by atoms with van der Waals surface area (Å²) in [4.78, 5) is 12.5. The lowest BCUT2D eigenvalue weighted by molar-refractivity contribution is -0.686. The van der Waals surface area contributed by atoms with E-state index in [2.05, 4.69) is 46.4 Å². The molecule has 1 N–H and O–H groups in total. The van der Waals surface area contributed by atoms with Crippen LogP contribution >= 0.6 is 0 Å². The number of amides is 1. The van der Waals surface area contributed by atoms with Crippen LogP contribution in [0.4, 0.5) is 0 Å². The van der Waals surface area contributed by atoms with Crippen LogP contribution < -0.4 is 28.8 Å². The lowest BCUT2D eigenvalue weighted by Crippen LogP contribution is -2.40. The number of ether oxygens (including phenoxy) is 4. The number of hydrogen-bond acceptors (Lipinski definition) is 5.